The van der Waals surface area contributed by atoms with Gasteiger partial charge in [-0.3, -0.25) is 4.79 Å². The molecule has 1 aliphatic carbocycles. The molecule has 1 aromatic carbocycles. The summed E-state index contributed by atoms with van der Waals surface area (Å²) in [4.78, 5) is 11.9. The minimum Gasteiger partial charge on any atom is -0.316 e. The van der Waals surface area contributed by atoms with E-state index in [0.29, 0.717) is 12.0 Å². The lowest BCUT2D eigenvalue weighted by molar-refractivity contribution is 0.0980. The van der Waals surface area contributed by atoms with Crippen LogP contribution in [0.3, 0.4) is 0 Å². The van der Waals surface area contributed by atoms with Crippen molar-refractivity contribution >= 4 is 5.78 Å². The molecule has 0 atom stereocenters. The number of hydrogen-bond acceptors (Lipinski definition) is 2. The monoisotopic (exact) mass is 277 g/mol. The zero-order valence-electron chi connectivity index (χ0n) is 12.0. The fraction of sp³-hybridized carbons (Fsp3) is 0.588. The van der Waals surface area contributed by atoms with Crippen molar-refractivity contribution in [1.82, 2.24) is 5.32 Å². The van der Waals surface area contributed by atoms with E-state index in [1.165, 1.54) is 44.2 Å². The molecule has 2 rings (SSSR count). The minimum absolute atomic E-state index is 0.101. The summed E-state index contributed by atoms with van der Waals surface area (Å²) in [5.41, 5.74) is 0.610. The van der Waals surface area contributed by atoms with E-state index in [9.17, 15) is 9.18 Å². The lowest BCUT2D eigenvalue weighted by Crippen LogP contribution is -2.25. The molecule has 0 saturated heterocycles. The second-order valence-electron chi connectivity index (χ2n) is 5.74. The molecular formula is C17H24FNO. The van der Waals surface area contributed by atoms with E-state index in [1.807, 2.05) is 0 Å². The van der Waals surface area contributed by atoms with Crippen molar-refractivity contribution in [2.75, 3.05) is 13.1 Å². The molecular weight excluding hydrogens is 253 g/mol. The van der Waals surface area contributed by atoms with Crippen molar-refractivity contribution in [3.05, 3.63) is 35.6 Å². The van der Waals surface area contributed by atoms with Gasteiger partial charge in [-0.15, -0.1) is 0 Å². The van der Waals surface area contributed by atoms with Gasteiger partial charge in [-0.25, -0.2) is 4.39 Å². The maximum atomic E-state index is 12.8. The topological polar surface area (TPSA) is 29.1 Å². The van der Waals surface area contributed by atoms with Gasteiger partial charge in [0, 0.05) is 12.0 Å². The summed E-state index contributed by atoms with van der Waals surface area (Å²) in [6.45, 7) is 1.98. The number of carbonyl (C=O) groups excluding carboxylic acids is 1. The maximum Gasteiger partial charge on any atom is 0.162 e. The lowest BCUT2D eigenvalue weighted by atomic mass is 9.89. The standard InChI is InChI=1S/C17H24FNO/c18-16-10-8-15(9-11-16)17(20)7-4-12-19-13-14-5-2-1-3-6-14/h8-11,14,19H,1-7,12-13H2. The van der Waals surface area contributed by atoms with Crippen molar-refractivity contribution < 1.29 is 9.18 Å². The van der Waals surface area contributed by atoms with Gasteiger partial charge in [0.25, 0.3) is 0 Å². The van der Waals surface area contributed by atoms with Crippen LogP contribution < -0.4 is 5.32 Å². The lowest BCUT2D eigenvalue weighted by Gasteiger charge is -2.21. The average molecular weight is 277 g/mol. The fourth-order valence-electron chi connectivity index (χ4n) is 2.85. The zero-order valence-corrected chi connectivity index (χ0v) is 12.0. The van der Waals surface area contributed by atoms with Crippen LogP contribution in [0.15, 0.2) is 24.3 Å². The Kier molecular flexibility index (Phi) is 6.19. The van der Waals surface area contributed by atoms with Crippen LogP contribution in [0, 0.1) is 11.7 Å². The molecule has 2 nitrogen and oxygen atoms in total. The summed E-state index contributed by atoms with van der Waals surface area (Å²) in [6, 6.07) is 5.81. The molecule has 20 heavy (non-hydrogen) atoms. The first-order valence-electron chi connectivity index (χ1n) is 7.75. The van der Waals surface area contributed by atoms with Gasteiger partial charge in [0.1, 0.15) is 5.82 Å². The zero-order chi connectivity index (χ0) is 14.2. The molecule has 1 N–H and O–H groups in total. The smallest absolute Gasteiger partial charge is 0.162 e. The van der Waals surface area contributed by atoms with Crippen LogP contribution in [0.1, 0.15) is 55.3 Å². The minimum atomic E-state index is -0.296. The van der Waals surface area contributed by atoms with Gasteiger partial charge in [-0.05, 0) is 62.5 Å². The molecule has 0 spiro atoms. The highest BCUT2D eigenvalue weighted by Crippen LogP contribution is 2.22. The second kappa shape index (κ2) is 8.15. The molecule has 0 unspecified atom stereocenters. The quantitative estimate of drug-likeness (QED) is 0.604. The van der Waals surface area contributed by atoms with E-state index in [4.69, 9.17) is 0 Å². The molecule has 0 amide bonds. The summed E-state index contributed by atoms with van der Waals surface area (Å²) < 4.78 is 12.8. The van der Waals surface area contributed by atoms with Gasteiger partial charge in [-0.1, -0.05) is 19.3 Å². The predicted octanol–water partition coefficient (Wildman–Crippen LogP) is 3.96. The van der Waals surface area contributed by atoms with Crippen LogP contribution in [0.2, 0.25) is 0 Å². The predicted molar refractivity (Wildman–Crippen MR) is 79.4 cm³/mol. The van der Waals surface area contributed by atoms with Crippen LogP contribution in [0.5, 0.6) is 0 Å². The van der Waals surface area contributed by atoms with Crippen molar-refractivity contribution in [2.24, 2.45) is 5.92 Å². The van der Waals surface area contributed by atoms with E-state index >= 15 is 0 Å². The Hall–Kier alpha value is -1.22. The van der Waals surface area contributed by atoms with Gasteiger partial charge in [0.05, 0.1) is 0 Å². The largest absolute Gasteiger partial charge is 0.316 e. The third-order valence-electron chi connectivity index (χ3n) is 4.08. The molecule has 1 fully saturated rings. The SMILES string of the molecule is O=C(CCCNCC1CCCCC1)c1ccc(F)cc1. The van der Waals surface area contributed by atoms with Crippen molar-refractivity contribution in [2.45, 2.75) is 44.9 Å². The Morgan fingerprint density at radius 2 is 1.85 bits per heavy atom. The molecule has 1 saturated carbocycles. The van der Waals surface area contributed by atoms with Gasteiger partial charge in [0.15, 0.2) is 5.78 Å². The molecule has 1 aromatic rings. The first-order valence-corrected chi connectivity index (χ1v) is 7.75. The highest BCUT2D eigenvalue weighted by atomic mass is 19.1. The van der Waals surface area contributed by atoms with Crippen molar-refractivity contribution in [3.63, 3.8) is 0 Å². The number of carbonyl (C=O) groups is 1. The van der Waals surface area contributed by atoms with Gasteiger partial charge in [0.2, 0.25) is 0 Å². The van der Waals surface area contributed by atoms with E-state index in [2.05, 4.69) is 5.32 Å². The van der Waals surface area contributed by atoms with Crippen LogP contribution in [0.25, 0.3) is 0 Å². The number of hydrogen-bond donors (Lipinski definition) is 1. The highest BCUT2D eigenvalue weighted by molar-refractivity contribution is 5.95. The molecule has 0 aromatic heterocycles. The highest BCUT2D eigenvalue weighted by Gasteiger charge is 2.12. The molecule has 0 heterocycles. The summed E-state index contributed by atoms with van der Waals surface area (Å²) in [7, 11) is 0. The molecule has 0 aliphatic heterocycles. The Morgan fingerprint density at radius 3 is 2.55 bits per heavy atom. The summed E-state index contributed by atoms with van der Waals surface area (Å²) in [6.07, 6.45) is 8.21. The normalized spacial score (nSPS) is 16.2. The Labute approximate surface area is 120 Å². The van der Waals surface area contributed by atoms with Gasteiger partial charge in [-0.2, -0.15) is 0 Å². The third-order valence-corrected chi connectivity index (χ3v) is 4.08. The number of Topliss-reactive ketones (excluding diaryl/α,β-unsaturated/α-hetero) is 1. The molecule has 1 aliphatic rings. The van der Waals surface area contributed by atoms with E-state index in [-0.39, 0.29) is 11.6 Å². The van der Waals surface area contributed by atoms with Crippen LogP contribution in [-0.4, -0.2) is 18.9 Å². The van der Waals surface area contributed by atoms with Crippen molar-refractivity contribution in [1.29, 1.82) is 0 Å². The van der Waals surface area contributed by atoms with Crippen LogP contribution in [-0.2, 0) is 0 Å². The Balaban J connectivity index is 1.58. The maximum absolute atomic E-state index is 12.8. The molecule has 0 bridgehead atoms. The van der Waals surface area contributed by atoms with E-state index in [1.54, 1.807) is 12.1 Å². The number of benzene rings is 1. The average Bonchev–Trinajstić information content (AvgIpc) is 2.48. The first-order chi connectivity index (χ1) is 9.75. The molecule has 0 radical (unpaired) electrons. The first kappa shape index (κ1) is 15.2. The number of halogens is 1. The van der Waals surface area contributed by atoms with E-state index in [0.717, 1.165) is 25.4 Å². The van der Waals surface area contributed by atoms with E-state index < -0.39 is 0 Å². The van der Waals surface area contributed by atoms with Crippen molar-refractivity contribution in [3.8, 4) is 0 Å². The number of ketones is 1. The summed E-state index contributed by atoms with van der Waals surface area (Å²) in [5.74, 6) is 0.636. The number of nitrogens with one attached hydrogen (secondary N) is 1. The van der Waals surface area contributed by atoms with Crippen LogP contribution in [0.4, 0.5) is 4.39 Å². The summed E-state index contributed by atoms with van der Waals surface area (Å²) >= 11 is 0. The summed E-state index contributed by atoms with van der Waals surface area (Å²) in [5, 5.41) is 3.46. The Morgan fingerprint density at radius 1 is 1.15 bits per heavy atom. The van der Waals surface area contributed by atoms with Crippen LogP contribution >= 0.6 is 0 Å². The Bertz CT molecular complexity index is 410. The van der Waals surface area contributed by atoms with Gasteiger partial charge < -0.3 is 5.32 Å². The van der Waals surface area contributed by atoms with Gasteiger partial charge >= 0.3 is 0 Å². The third kappa shape index (κ3) is 5.04. The number of rotatable bonds is 7. The fourth-order valence-corrected chi connectivity index (χ4v) is 2.85. The molecule has 3 heteroatoms. The second-order valence-corrected chi connectivity index (χ2v) is 5.74. The molecule has 110 valence electrons.